The average molecular weight is 399 g/mol. The lowest BCUT2D eigenvalue weighted by Gasteiger charge is -2.12. The Balaban J connectivity index is 1.84. The normalized spacial score (nSPS) is 10.3. The number of nitrogens with zero attached hydrogens (tertiary/aromatic N) is 2. The van der Waals surface area contributed by atoms with Crippen LogP contribution in [0.3, 0.4) is 0 Å². The van der Waals surface area contributed by atoms with Crippen LogP contribution in [-0.2, 0) is 0 Å². The van der Waals surface area contributed by atoms with E-state index in [1.54, 1.807) is 38.3 Å². The van der Waals surface area contributed by atoms with E-state index in [1.165, 1.54) is 7.11 Å². The van der Waals surface area contributed by atoms with Crippen molar-refractivity contribution in [3.05, 3.63) is 65.1 Å². The van der Waals surface area contributed by atoms with Crippen molar-refractivity contribution >= 4 is 34.7 Å². The zero-order valence-corrected chi connectivity index (χ0v) is 16.4. The molecule has 1 heterocycles. The van der Waals surface area contributed by atoms with Crippen LogP contribution in [0.2, 0.25) is 5.02 Å². The van der Waals surface area contributed by atoms with Crippen LogP contribution in [0, 0.1) is 6.92 Å². The van der Waals surface area contributed by atoms with Gasteiger partial charge in [-0.05, 0) is 37.3 Å². The second-order valence-corrected chi connectivity index (χ2v) is 6.28. The number of rotatable bonds is 6. The second kappa shape index (κ2) is 8.58. The fourth-order valence-electron chi connectivity index (χ4n) is 2.56. The van der Waals surface area contributed by atoms with Gasteiger partial charge in [0.15, 0.2) is 0 Å². The number of aryl methyl sites for hydroxylation is 1. The van der Waals surface area contributed by atoms with Crippen molar-refractivity contribution in [1.29, 1.82) is 0 Å². The van der Waals surface area contributed by atoms with E-state index in [9.17, 15) is 4.79 Å². The molecule has 0 aliphatic rings. The molecule has 2 aromatic carbocycles. The monoisotopic (exact) mass is 398 g/mol. The summed E-state index contributed by atoms with van der Waals surface area (Å²) in [4.78, 5) is 21.3. The quantitative estimate of drug-likeness (QED) is 0.638. The van der Waals surface area contributed by atoms with Gasteiger partial charge in [0.05, 0.1) is 19.9 Å². The van der Waals surface area contributed by atoms with Gasteiger partial charge in [-0.15, -0.1) is 0 Å². The van der Waals surface area contributed by atoms with Crippen LogP contribution in [0.25, 0.3) is 0 Å². The standard InChI is InChI=1S/C20H19ClN4O3/c1-12-22-17(20(26)25-16-9-13(21)7-8-18(16)28-3)11-19(23-12)24-14-5-4-6-15(10-14)27-2/h4-11H,1-3H3,(H,25,26)(H,22,23,24). The van der Waals surface area contributed by atoms with Crippen molar-refractivity contribution in [2.24, 2.45) is 0 Å². The molecular formula is C20H19ClN4O3. The third kappa shape index (κ3) is 4.69. The number of carbonyl (C=O) groups is 1. The van der Waals surface area contributed by atoms with Crippen molar-refractivity contribution in [2.75, 3.05) is 24.9 Å². The van der Waals surface area contributed by atoms with E-state index in [4.69, 9.17) is 21.1 Å². The molecule has 0 fully saturated rings. The van der Waals surface area contributed by atoms with Crippen LogP contribution in [0.1, 0.15) is 16.3 Å². The average Bonchev–Trinajstić information content (AvgIpc) is 2.68. The summed E-state index contributed by atoms with van der Waals surface area (Å²) in [6, 6.07) is 13.9. The Bertz CT molecular complexity index is 1010. The molecule has 0 saturated carbocycles. The van der Waals surface area contributed by atoms with E-state index >= 15 is 0 Å². The first-order valence-corrected chi connectivity index (χ1v) is 8.78. The Labute approximate surface area is 167 Å². The fourth-order valence-corrected chi connectivity index (χ4v) is 2.73. The maximum absolute atomic E-state index is 12.7. The molecule has 28 heavy (non-hydrogen) atoms. The molecule has 1 amide bonds. The van der Waals surface area contributed by atoms with Crippen molar-refractivity contribution < 1.29 is 14.3 Å². The van der Waals surface area contributed by atoms with E-state index in [0.29, 0.717) is 33.9 Å². The fraction of sp³-hybridized carbons (Fsp3) is 0.150. The highest BCUT2D eigenvalue weighted by Gasteiger charge is 2.14. The maximum Gasteiger partial charge on any atom is 0.274 e. The zero-order valence-electron chi connectivity index (χ0n) is 15.6. The van der Waals surface area contributed by atoms with Gasteiger partial charge in [0.2, 0.25) is 0 Å². The number of hydrogen-bond acceptors (Lipinski definition) is 6. The number of anilines is 3. The molecule has 0 unspecified atom stereocenters. The third-order valence-electron chi connectivity index (χ3n) is 3.82. The van der Waals surface area contributed by atoms with Gasteiger partial charge in [-0.2, -0.15) is 0 Å². The van der Waals surface area contributed by atoms with Gasteiger partial charge in [-0.1, -0.05) is 17.7 Å². The summed E-state index contributed by atoms with van der Waals surface area (Å²) >= 11 is 6.02. The van der Waals surface area contributed by atoms with Gasteiger partial charge >= 0.3 is 0 Å². The van der Waals surface area contributed by atoms with Crippen LogP contribution in [0.5, 0.6) is 11.5 Å². The zero-order chi connectivity index (χ0) is 20.1. The Morgan fingerprint density at radius 1 is 1.04 bits per heavy atom. The molecule has 3 aromatic rings. The Kier molecular flexibility index (Phi) is 5.96. The highest BCUT2D eigenvalue weighted by Crippen LogP contribution is 2.28. The molecule has 0 bridgehead atoms. The van der Waals surface area contributed by atoms with Gasteiger partial charge in [0.25, 0.3) is 5.91 Å². The molecule has 144 valence electrons. The number of carbonyl (C=O) groups excluding carboxylic acids is 1. The van der Waals surface area contributed by atoms with Crippen LogP contribution >= 0.6 is 11.6 Å². The Hall–Kier alpha value is -3.32. The number of benzene rings is 2. The minimum Gasteiger partial charge on any atom is -0.497 e. The Morgan fingerprint density at radius 2 is 1.86 bits per heavy atom. The SMILES string of the molecule is COc1cccc(Nc2cc(C(=O)Nc3cc(Cl)ccc3OC)nc(C)n2)c1. The van der Waals surface area contributed by atoms with Crippen LogP contribution < -0.4 is 20.1 Å². The summed E-state index contributed by atoms with van der Waals surface area (Å²) in [7, 11) is 3.12. The summed E-state index contributed by atoms with van der Waals surface area (Å²) in [5.74, 6) is 1.75. The topological polar surface area (TPSA) is 85.4 Å². The highest BCUT2D eigenvalue weighted by atomic mass is 35.5. The number of ether oxygens (including phenoxy) is 2. The lowest BCUT2D eigenvalue weighted by atomic mass is 10.2. The molecule has 0 radical (unpaired) electrons. The number of halogens is 1. The molecule has 7 nitrogen and oxygen atoms in total. The van der Waals surface area contributed by atoms with Crippen molar-refractivity contribution in [3.8, 4) is 11.5 Å². The van der Waals surface area contributed by atoms with Crippen molar-refractivity contribution in [2.45, 2.75) is 6.92 Å². The van der Waals surface area contributed by atoms with E-state index < -0.39 is 5.91 Å². The number of amides is 1. The largest absolute Gasteiger partial charge is 0.497 e. The summed E-state index contributed by atoms with van der Waals surface area (Å²) in [5.41, 5.74) is 1.44. The summed E-state index contributed by atoms with van der Waals surface area (Å²) in [5, 5.41) is 6.40. The van der Waals surface area contributed by atoms with Crippen molar-refractivity contribution in [1.82, 2.24) is 9.97 Å². The molecule has 0 saturated heterocycles. The molecule has 0 aliphatic heterocycles. The maximum atomic E-state index is 12.7. The second-order valence-electron chi connectivity index (χ2n) is 5.84. The van der Waals surface area contributed by atoms with E-state index in [0.717, 1.165) is 5.69 Å². The van der Waals surface area contributed by atoms with Crippen LogP contribution in [0.15, 0.2) is 48.5 Å². The van der Waals surface area contributed by atoms with Crippen LogP contribution in [-0.4, -0.2) is 30.1 Å². The first-order valence-electron chi connectivity index (χ1n) is 8.40. The summed E-state index contributed by atoms with van der Waals surface area (Å²) < 4.78 is 10.5. The van der Waals surface area contributed by atoms with Gasteiger partial charge < -0.3 is 20.1 Å². The number of hydrogen-bond donors (Lipinski definition) is 2. The molecular weight excluding hydrogens is 380 g/mol. The molecule has 0 aliphatic carbocycles. The predicted octanol–water partition coefficient (Wildman–Crippen LogP) is 4.45. The Morgan fingerprint density at radius 3 is 2.61 bits per heavy atom. The lowest BCUT2D eigenvalue weighted by molar-refractivity contribution is 0.102. The minimum atomic E-state index is -0.403. The molecule has 0 atom stereocenters. The van der Waals surface area contributed by atoms with Gasteiger partial charge in [-0.3, -0.25) is 4.79 Å². The summed E-state index contributed by atoms with van der Waals surface area (Å²) in [6.45, 7) is 1.72. The van der Waals surface area contributed by atoms with Gasteiger partial charge in [0.1, 0.15) is 28.8 Å². The first kappa shape index (κ1) is 19.4. The molecule has 3 rings (SSSR count). The first-order chi connectivity index (χ1) is 13.5. The summed E-state index contributed by atoms with van der Waals surface area (Å²) in [6.07, 6.45) is 0. The van der Waals surface area contributed by atoms with E-state index in [-0.39, 0.29) is 5.69 Å². The molecule has 8 heteroatoms. The smallest absolute Gasteiger partial charge is 0.274 e. The van der Waals surface area contributed by atoms with E-state index in [1.807, 2.05) is 24.3 Å². The van der Waals surface area contributed by atoms with Crippen LogP contribution in [0.4, 0.5) is 17.2 Å². The molecule has 0 spiro atoms. The van der Waals surface area contributed by atoms with E-state index in [2.05, 4.69) is 20.6 Å². The number of methoxy groups -OCH3 is 2. The van der Waals surface area contributed by atoms with Crippen molar-refractivity contribution in [3.63, 3.8) is 0 Å². The molecule has 2 N–H and O–H groups in total. The minimum absolute atomic E-state index is 0.208. The number of nitrogens with one attached hydrogen (secondary N) is 2. The lowest BCUT2D eigenvalue weighted by Crippen LogP contribution is -2.16. The predicted molar refractivity (Wildman–Crippen MR) is 109 cm³/mol. The number of aromatic nitrogens is 2. The van der Waals surface area contributed by atoms with Gasteiger partial charge in [-0.25, -0.2) is 9.97 Å². The molecule has 1 aromatic heterocycles. The highest BCUT2D eigenvalue weighted by molar-refractivity contribution is 6.31. The van der Waals surface area contributed by atoms with Gasteiger partial charge in [0, 0.05) is 22.8 Å². The third-order valence-corrected chi connectivity index (χ3v) is 4.06.